The van der Waals surface area contributed by atoms with E-state index in [4.69, 9.17) is 0 Å². The molecule has 1 saturated heterocycles. The molecule has 20 heavy (non-hydrogen) atoms. The Labute approximate surface area is 115 Å². The summed E-state index contributed by atoms with van der Waals surface area (Å²) < 4.78 is 0. The molecule has 0 unspecified atom stereocenters. The Balaban J connectivity index is 2.34. The second-order valence-electron chi connectivity index (χ2n) is 4.75. The third kappa shape index (κ3) is 2.61. The summed E-state index contributed by atoms with van der Waals surface area (Å²) in [6, 6.07) is 4.37. The van der Waals surface area contributed by atoms with Crippen molar-refractivity contribution < 1.29 is 14.5 Å². The number of carbonyl (C=O) groups excluding carboxylic acids is 2. The molecule has 0 N–H and O–H groups in total. The van der Waals surface area contributed by atoms with Crippen LogP contribution in [0.1, 0.15) is 17.3 Å². The van der Waals surface area contributed by atoms with Crippen LogP contribution in [0.2, 0.25) is 0 Å². The molecule has 0 radical (unpaired) electrons. The van der Waals surface area contributed by atoms with E-state index in [1.165, 1.54) is 19.1 Å². The maximum Gasteiger partial charge on any atom is 0.280 e. The standard InChI is InChI=1S/C13H15N3O4/c1-9(17)11-7-10(3-4-12(11)16(19)20)15-6-5-14(2)13(18)8-15/h3-4,7H,5-6,8H2,1-2H3. The molecule has 0 spiro atoms. The average molecular weight is 277 g/mol. The van der Waals surface area contributed by atoms with E-state index < -0.39 is 4.92 Å². The molecule has 106 valence electrons. The van der Waals surface area contributed by atoms with Crippen LogP contribution in [0.4, 0.5) is 11.4 Å². The Hall–Kier alpha value is -2.44. The highest BCUT2D eigenvalue weighted by molar-refractivity contribution is 5.99. The highest BCUT2D eigenvalue weighted by atomic mass is 16.6. The molecule has 0 aromatic heterocycles. The SMILES string of the molecule is CC(=O)c1cc(N2CCN(C)C(=O)C2)ccc1[N+](=O)[O-]. The average Bonchev–Trinajstić information content (AvgIpc) is 2.41. The summed E-state index contributed by atoms with van der Waals surface area (Å²) in [5.74, 6) is -0.377. The summed E-state index contributed by atoms with van der Waals surface area (Å²) >= 11 is 0. The van der Waals surface area contributed by atoms with Crippen molar-refractivity contribution in [3.8, 4) is 0 Å². The summed E-state index contributed by atoms with van der Waals surface area (Å²) in [6.45, 7) is 2.73. The van der Waals surface area contributed by atoms with E-state index in [1.807, 2.05) is 4.90 Å². The molecule has 2 rings (SSSR count). The van der Waals surface area contributed by atoms with Crippen molar-refractivity contribution in [1.82, 2.24) is 4.90 Å². The number of carbonyl (C=O) groups is 2. The number of piperazine rings is 1. The largest absolute Gasteiger partial charge is 0.360 e. The number of nitro benzene ring substituents is 1. The molecule has 7 heteroatoms. The number of amides is 1. The number of likely N-dealkylation sites (N-methyl/N-ethyl adjacent to an activating group) is 1. The minimum absolute atomic E-state index is 0.0148. The summed E-state index contributed by atoms with van der Waals surface area (Å²) in [6.07, 6.45) is 0. The van der Waals surface area contributed by atoms with E-state index in [0.717, 1.165) is 0 Å². The first kappa shape index (κ1) is 14.0. The minimum atomic E-state index is -0.574. The van der Waals surface area contributed by atoms with Gasteiger partial charge in [0.1, 0.15) is 0 Å². The first-order valence-electron chi connectivity index (χ1n) is 6.18. The van der Waals surface area contributed by atoms with E-state index in [9.17, 15) is 19.7 Å². The number of hydrogen-bond donors (Lipinski definition) is 0. The fraction of sp³-hybridized carbons (Fsp3) is 0.385. The fourth-order valence-electron chi connectivity index (χ4n) is 2.14. The highest BCUT2D eigenvalue weighted by Gasteiger charge is 2.24. The van der Waals surface area contributed by atoms with Crippen LogP contribution in [-0.2, 0) is 4.79 Å². The summed E-state index contributed by atoms with van der Waals surface area (Å²) in [4.78, 5) is 37.0. The number of Topliss-reactive ketones (excluding diaryl/α,β-unsaturated/α-hetero) is 1. The van der Waals surface area contributed by atoms with Gasteiger partial charge in [-0.05, 0) is 19.1 Å². The zero-order chi connectivity index (χ0) is 14.9. The maximum absolute atomic E-state index is 11.7. The maximum atomic E-state index is 11.7. The first-order chi connectivity index (χ1) is 9.40. The predicted molar refractivity (Wildman–Crippen MR) is 73.0 cm³/mol. The van der Waals surface area contributed by atoms with Crippen molar-refractivity contribution in [2.75, 3.05) is 31.6 Å². The molecule has 1 amide bonds. The van der Waals surface area contributed by atoms with Crippen molar-refractivity contribution >= 4 is 23.1 Å². The van der Waals surface area contributed by atoms with Gasteiger partial charge in [-0.2, -0.15) is 0 Å². The van der Waals surface area contributed by atoms with Crippen molar-refractivity contribution in [1.29, 1.82) is 0 Å². The molecule has 1 aliphatic rings. The van der Waals surface area contributed by atoms with Crippen molar-refractivity contribution in [2.24, 2.45) is 0 Å². The molecule has 1 fully saturated rings. The lowest BCUT2D eigenvalue weighted by molar-refractivity contribution is -0.385. The van der Waals surface area contributed by atoms with Crippen LogP contribution in [0.3, 0.4) is 0 Å². The van der Waals surface area contributed by atoms with Gasteiger partial charge < -0.3 is 9.80 Å². The predicted octanol–water partition coefficient (Wildman–Crippen LogP) is 1.08. The lowest BCUT2D eigenvalue weighted by Gasteiger charge is -2.33. The lowest BCUT2D eigenvalue weighted by Crippen LogP contribution is -2.48. The van der Waals surface area contributed by atoms with Crippen LogP contribution in [-0.4, -0.2) is 48.2 Å². The molecule has 0 bridgehead atoms. The molecular weight excluding hydrogens is 262 g/mol. The molecule has 1 aliphatic heterocycles. The van der Waals surface area contributed by atoms with Gasteiger partial charge in [-0.3, -0.25) is 19.7 Å². The monoisotopic (exact) mass is 277 g/mol. The molecule has 1 aromatic rings. The zero-order valence-electron chi connectivity index (χ0n) is 11.3. The van der Waals surface area contributed by atoms with Gasteiger partial charge in [-0.1, -0.05) is 0 Å². The van der Waals surface area contributed by atoms with Gasteiger partial charge in [-0.25, -0.2) is 0 Å². The summed E-state index contributed by atoms with van der Waals surface area (Å²) in [7, 11) is 1.73. The van der Waals surface area contributed by atoms with Crippen LogP contribution in [0, 0.1) is 10.1 Å². The van der Waals surface area contributed by atoms with Crippen molar-refractivity contribution in [3.05, 3.63) is 33.9 Å². The number of ketones is 1. The van der Waals surface area contributed by atoms with Crippen molar-refractivity contribution in [2.45, 2.75) is 6.92 Å². The van der Waals surface area contributed by atoms with E-state index in [0.29, 0.717) is 18.8 Å². The number of benzene rings is 1. The van der Waals surface area contributed by atoms with Gasteiger partial charge >= 0.3 is 0 Å². The number of nitrogens with zero attached hydrogens (tertiary/aromatic N) is 3. The third-order valence-corrected chi connectivity index (χ3v) is 3.38. The summed E-state index contributed by atoms with van der Waals surface area (Å²) in [5.41, 5.74) is 0.517. The zero-order valence-corrected chi connectivity index (χ0v) is 11.3. The van der Waals surface area contributed by atoms with Crippen LogP contribution in [0.5, 0.6) is 0 Å². The smallest absolute Gasteiger partial charge is 0.280 e. The molecule has 1 aromatic carbocycles. The van der Waals surface area contributed by atoms with Gasteiger partial charge in [-0.15, -0.1) is 0 Å². The Morgan fingerprint density at radius 1 is 1.35 bits per heavy atom. The molecular formula is C13H15N3O4. The molecule has 0 aliphatic carbocycles. The third-order valence-electron chi connectivity index (χ3n) is 3.38. The van der Waals surface area contributed by atoms with Gasteiger partial charge in [0.2, 0.25) is 5.91 Å². The van der Waals surface area contributed by atoms with Crippen LogP contribution >= 0.6 is 0 Å². The Bertz CT molecular complexity index is 585. The highest BCUT2D eigenvalue weighted by Crippen LogP contribution is 2.26. The normalized spacial score (nSPS) is 15.4. The summed E-state index contributed by atoms with van der Waals surface area (Å²) in [5, 5.41) is 10.9. The Kier molecular flexibility index (Phi) is 3.69. The van der Waals surface area contributed by atoms with Gasteiger partial charge in [0.25, 0.3) is 5.69 Å². The lowest BCUT2D eigenvalue weighted by atomic mass is 10.1. The second-order valence-corrected chi connectivity index (χ2v) is 4.75. The van der Waals surface area contributed by atoms with E-state index >= 15 is 0 Å². The van der Waals surface area contributed by atoms with Crippen LogP contribution < -0.4 is 4.90 Å². The van der Waals surface area contributed by atoms with Gasteiger partial charge in [0.15, 0.2) is 5.78 Å². The number of anilines is 1. The molecule has 0 saturated carbocycles. The molecule has 7 nitrogen and oxygen atoms in total. The van der Waals surface area contributed by atoms with Gasteiger partial charge in [0, 0.05) is 31.9 Å². The fourth-order valence-corrected chi connectivity index (χ4v) is 2.14. The quantitative estimate of drug-likeness (QED) is 0.469. The number of nitro groups is 1. The topological polar surface area (TPSA) is 83.8 Å². The molecule has 0 atom stereocenters. The Morgan fingerprint density at radius 3 is 2.60 bits per heavy atom. The van der Waals surface area contributed by atoms with E-state index in [1.54, 1.807) is 18.0 Å². The Morgan fingerprint density at radius 2 is 2.05 bits per heavy atom. The van der Waals surface area contributed by atoms with Crippen molar-refractivity contribution in [3.63, 3.8) is 0 Å². The second kappa shape index (κ2) is 5.28. The molecule has 1 heterocycles. The number of hydrogen-bond acceptors (Lipinski definition) is 5. The minimum Gasteiger partial charge on any atom is -0.360 e. The number of rotatable bonds is 3. The first-order valence-corrected chi connectivity index (χ1v) is 6.18. The van der Waals surface area contributed by atoms with Crippen LogP contribution in [0.25, 0.3) is 0 Å². The van der Waals surface area contributed by atoms with Gasteiger partial charge in [0.05, 0.1) is 17.0 Å². The van der Waals surface area contributed by atoms with Crippen LogP contribution in [0.15, 0.2) is 18.2 Å². The van der Waals surface area contributed by atoms with E-state index in [2.05, 4.69) is 0 Å². The van der Waals surface area contributed by atoms with E-state index in [-0.39, 0.29) is 29.5 Å².